The Hall–Kier alpha value is -2.75. The van der Waals surface area contributed by atoms with Crippen LogP contribution >= 0.6 is 0 Å². The highest BCUT2D eigenvalue weighted by Gasteiger charge is 2.08. The number of benzene rings is 2. The number of rotatable bonds is 5. The van der Waals surface area contributed by atoms with E-state index in [2.05, 4.69) is 24.0 Å². The average Bonchev–Trinajstić information content (AvgIpc) is 3.05. The molecule has 0 aliphatic heterocycles. The van der Waals surface area contributed by atoms with Crippen LogP contribution in [0.15, 0.2) is 54.6 Å². The van der Waals surface area contributed by atoms with Gasteiger partial charge in [0.05, 0.1) is 17.5 Å². The highest BCUT2D eigenvalue weighted by Crippen LogP contribution is 2.28. The number of ether oxygens (including phenoxy) is 1. The van der Waals surface area contributed by atoms with Gasteiger partial charge in [-0.15, -0.1) is 0 Å². The van der Waals surface area contributed by atoms with E-state index in [0.717, 1.165) is 40.4 Å². The molecule has 1 unspecified atom stereocenters. The molecule has 3 rings (SSSR count). The number of para-hydroxylation sites is 1. The number of aromatic nitrogens is 2. The SMILES string of the molecule is CCC(C)Oc1ccc(-c2cc(-c3ccccc3N)[nH]n2)cc1. The second kappa shape index (κ2) is 6.57. The van der Waals surface area contributed by atoms with Gasteiger partial charge in [-0.25, -0.2) is 0 Å². The monoisotopic (exact) mass is 307 g/mol. The molecule has 3 aromatic rings. The lowest BCUT2D eigenvalue weighted by Crippen LogP contribution is -2.09. The Balaban J connectivity index is 1.82. The molecule has 0 bridgehead atoms. The molecule has 1 heterocycles. The van der Waals surface area contributed by atoms with E-state index in [1.165, 1.54) is 0 Å². The Morgan fingerprint density at radius 3 is 2.57 bits per heavy atom. The van der Waals surface area contributed by atoms with E-state index in [4.69, 9.17) is 10.5 Å². The topological polar surface area (TPSA) is 63.9 Å². The smallest absolute Gasteiger partial charge is 0.119 e. The van der Waals surface area contributed by atoms with Crippen molar-refractivity contribution in [3.63, 3.8) is 0 Å². The van der Waals surface area contributed by atoms with Crippen LogP contribution in [0.5, 0.6) is 5.75 Å². The van der Waals surface area contributed by atoms with Crippen molar-refractivity contribution in [1.29, 1.82) is 0 Å². The molecule has 1 atom stereocenters. The second-order valence-corrected chi connectivity index (χ2v) is 5.62. The molecule has 0 aliphatic carbocycles. The maximum absolute atomic E-state index is 6.02. The van der Waals surface area contributed by atoms with E-state index >= 15 is 0 Å². The third-order valence-corrected chi connectivity index (χ3v) is 3.89. The molecule has 4 heteroatoms. The Kier molecular flexibility index (Phi) is 4.33. The quantitative estimate of drug-likeness (QED) is 0.682. The maximum atomic E-state index is 6.02. The van der Waals surface area contributed by atoms with Crippen molar-refractivity contribution in [2.45, 2.75) is 26.4 Å². The minimum atomic E-state index is 0.221. The number of aromatic amines is 1. The number of nitrogens with zero attached hydrogens (tertiary/aromatic N) is 1. The Bertz CT molecular complexity index is 777. The van der Waals surface area contributed by atoms with E-state index in [9.17, 15) is 0 Å². The van der Waals surface area contributed by atoms with Gasteiger partial charge in [-0.1, -0.05) is 25.1 Å². The zero-order chi connectivity index (χ0) is 16.2. The minimum Gasteiger partial charge on any atom is -0.491 e. The van der Waals surface area contributed by atoms with Crippen LogP contribution in [0, 0.1) is 0 Å². The lowest BCUT2D eigenvalue weighted by molar-refractivity contribution is 0.217. The van der Waals surface area contributed by atoms with Gasteiger partial charge >= 0.3 is 0 Å². The first-order valence-corrected chi connectivity index (χ1v) is 7.84. The lowest BCUT2D eigenvalue weighted by atomic mass is 10.1. The molecule has 0 radical (unpaired) electrons. The van der Waals surface area contributed by atoms with Gasteiger partial charge in [0.15, 0.2) is 0 Å². The molecule has 0 aliphatic rings. The standard InChI is InChI=1S/C19H21N3O/c1-3-13(2)23-15-10-8-14(9-11-15)18-12-19(22-21-18)16-6-4-5-7-17(16)20/h4-13H,3,20H2,1-2H3,(H,21,22). The van der Waals surface area contributed by atoms with E-state index in [-0.39, 0.29) is 6.10 Å². The van der Waals surface area contributed by atoms with Crippen LogP contribution in [-0.4, -0.2) is 16.3 Å². The number of nitrogens with two attached hydrogens (primary N) is 1. The van der Waals surface area contributed by atoms with Gasteiger partial charge in [0.1, 0.15) is 5.75 Å². The fourth-order valence-corrected chi connectivity index (χ4v) is 2.37. The van der Waals surface area contributed by atoms with Gasteiger partial charge in [-0.3, -0.25) is 5.10 Å². The molecule has 4 nitrogen and oxygen atoms in total. The largest absolute Gasteiger partial charge is 0.491 e. The Morgan fingerprint density at radius 2 is 1.87 bits per heavy atom. The minimum absolute atomic E-state index is 0.221. The summed E-state index contributed by atoms with van der Waals surface area (Å²) in [6.07, 6.45) is 1.21. The van der Waals surface area contributed by atoms with Crippen LogP contribution < -0.4 is 10.5 Å². The van der Waals surface area contributed by atoms with Crippen molar-refractivity contribution in [1.82, 2.24) is 10.2 Å². The number of nitrogen functional groups attached to an aromatic ring is 1. The number of hydrogen-bond donors (Lipinski definition) is 2. The molecule has 1 aromatic heterocycles. The number of nitrogens with one attached hydrogen (secondary N) is 1. The summed E-state index contributed by atoms with van der Waals surface area (Å²) in [5, 5.41) is 7.45. The molecule has 118 valence electrons. The molecule has 23 heavy (non-hydrogen) atoms. The normalized spacial score (nSPS) is 12.1. The lowest BCUT2D eigenvalue weighted by Gasteiger charge is -2.12. The van der Waals surface area contributed by atoms with E-state index in [1.807, 2.05) is 54.6 Å². The fraction of sp³-hybridized carbons (Fsp3) is 0.211. The van der Waals surface area contributed by atoms with Crippen molar-refractivity contribution in [3.8, 4) is 28.3 Å². The molecule has 3 N–H and O–H groups in total. The van der Waals surface area contributed by atoms with Crippen LogP contribution in [0.3, 0.4) is 0 Å². The van der Waals surface area contributed by atoms with E-state index in [1.54, 1.807) is 0 Å². The van der Waals surface area contributed by atoms with Crippen molar-refractivity contribution in [2.24, 2.45) is 0 Å². The summed E-state index contributed by atoms with van der Waals surface area (Å²) < 4.78 is 5.80. The van der Waals surface area contributed by atoms with Crippen molar-refractivity contribution >= 4 is 5.69 Å². The van der Waals surface area contributed by atoms with Gasteiger partial charge in [0, 0.05) is 16.8 Å². The van der Waals surface area contributed by atoms with Crippen LogP contribution in [-0.2, 0) is 0 Å². The summed E-state index contributed by atoms with van der Waals surface area (Å²) in [7, 11) is 0. The van der Waals surface area contributed by atoms with Gasteiger partial charge in [-0.05, 0) is 49.7 Å². The molecule has 0 spiro atoms. The van der Waals surface area contributed by atoms with Gasteiger partial charge in [-0.2, -0.15) is 5.10 Å². The third kappa shape index (κ3) is 3.37. The summed E-state index contributed by atoms with van der Waals surface area (Å²) in [4.78, 5) is 0. The first kappa shape index (κ1) is 15.2. The predicted molar refractivity (Wildman–Crippen MR) is 94.3 cm³/mol. The van der Waals surface area contributed by atoms with Crippen LogP contribution in [0.2, 0.25) is 0 Å². The maximum Gasteiger partial charge on any atom is 0.119 e. The fourth-order valence-electron chi connectivity index (χ4n) is 2.37. The summed E-state index contributed by atoms with van der Waals surface area (Å²) in [6, 6.07) is 17.8. The van der Waals surface area contributed by atoms with Gasteiger partial charge < -0.3 is 10.5 Å². The van der Waals surface area contributed by atoms with E-state index < -0.39 is 0 Å². The van der Waals surface area contributed by atoms with E-state index in [0.29, 0.717) is 0 Å². The Labute approximate surface area is 136 Å². The molecular weight excluding hydrogens is 286 g/mol. The third-order valence-electron chi connectivity index (χ3n) is 3.89. The summed E-state index contributed by atoms with van der Waals surface area (Å²) in [6.45, 7) is 4.18. The highest BCUT2D eigenvalue weighted by atomic mass is 16.5. The van der Waals surface area contributed by atoms with Crippen LogP contribution in [0.25, 0.3) is 22.5 Å². The molecule has 0 fully saturated rings. The zero-order valence-electron chi connectivity index (χ0n) is 13.4. The highest BCUT2D eigenvalue weighted by molar-refractivity contribution is 5.76. The molecule has 0 saturated heterocycles. The summed E-state index contributed by atoms with van der Waals surface area (Å²) >= 11 is 0. The first-order valence-electron chi connectivity index (χ1n) is 7.84. The van der Waals surface area contributed by atoms with Gasteiger partial charge in [0.2, 0.25) is 0 Å². The number of H-pyrrole nitrogens is 1. The van der Waals surface area contributed by atoms with Crippen molar-refractivity contribution in [3.05, 3.63) is 54.6 Å². The van der Waals surface area contributed by atoms with Crippen LogP contribution in [0.4, 0.5) is 5.69 Å². The Morgan fingerprint density at radius 1 is 1.13 bits per heavy atom. The van der Waals surface area contributed by atoms with Crippen molar-refractivity contribution in [2.75, 3.05) is 5.73 Å². The molecule has 2 aromatic carbocycles. The molecule has 0 saturated carbocycles. The predicted octanol–water partition coefficient (Wildman–Crippen LogP) is 4.50. The zero-order valence-corrected chi connectivity index (χ0v) is 13.4. The summed E-state index contributed by atoms with van der Waals surface area (Å²) in [5.74, 6) is 0.881. The first-order chi connectivity index (χ1) is 11.2. The average molecular weight is 307 g/mol. The molecular formula is C19H21N3O. The number of anilines is 1. The van der Waals surface area contributed by atoms with Gasteiger partial charge in [0.25, 0.3) is 0 Å². The second-order valence-electron chi connectivity index (χ2n) is 5.62. The molecule has 0 amide bonds. The van der Waals surface area contributed by atoms with Crippen molar-refractivity contribution < 1.29 is 4.74 Å². The summed E-state index contributed by atoms with van der Waals surface area (Å²) in [5.41, 5.74) is 10.6. The number of hydrogen-bond acceptors (Lipinski definition) is 3. The van der Waals surface area contributed by atoms with Crippen LogP contribution in [0.1, 0.15) is 20.3 Å².